The largest absolute Gasteiger partial charge is 0.373 e. The lowest BCUT2D eigenvalue weighted by Crippen LogP contribution is -2.33. The summed E-state index contributed by atoms with van der Waals surface area (Å²) in [6.45, 7) is 2.79. The standard InChI is InChI=1S/C26H24N4O2/c1-2-17-7-3-6-10-22(17)27-23-15-16-30(26(23)32)19-13-11-18(12-14-19)24-20-8-4-5-9-21(20)25(31)29-28-24/h3-14,23,27H,2,15-16H2,1H3,(H,29,31). The van der Waals surface area contributed by atoms with Gasteiger partial charge in [-0.05, 0) is 42.7 Å². The van der Waals surface area contributed by atoms with E-state index in [1.165, 1.54) is 5.56 Å². The summed E-state index contributed by atoms with van der Waals surface area (Å²) in [5, 5.41) is 11.7. The van der Waals surface area contributed by atoms with E-state index in [2.05, 4.69) is 28.5 Å². The van der Waals surface area contributed by atoms with Crippen molar-refractivity contribution in [3.63, 3.8) is 0 Å². The number of nitrogens with one attached hydrogen (secondary N) is 2. The number of aromatic amines is 1. The Morgan fingerprint density at radius 2 is 1.69 bits per heavy atom. The van der Waals surface area contributed by atoms with Gasteiger partial charge in [-0.15, -0.1) is 0 Å². The Hall–Kier alpha value is -3.93. The molecular formula is C26H24N4O2. The van der Waals surface area contributed by atoms with Crippen LogP contribution in [0.2, 0.25) is 0 Å². The highest BCUT2D eigenvalue weighted by Gasteiger charge is 2.32. The maximum absolute atomic E-state index is 13.1. The van der Waals surface area contributed by atoms with Crippen molar-refractivity contribution in [1.82, 2.24) is 10.2 Å². The van der Waals surface area contributed by atoms with Gasteiger partial charge in [0, 0.05) is 28.9 Å². The molecule has 0 saturated carbocycles. The van der Waals surface area contributed by atoms with Crippen LogP contribution in [0.3, 0.4) is 0 Å². The first-order valence-electron chi connectivity index (χ1n) is 10.9. The van der Waals surface area contributed by atoms with E-state index < -0.39 is 0 Å². The van der Waals surface area contributed by atoms with Gasteiger partial charge >= 0.3 is 0 Å². The van der Waals surface area contributed by atoms with Crippen LogP contribution in [0.25, 0.3) is 22.0 Å². The van der Waals surface area contributed by atoms with E-state index in [9.17, 15) is 9.59 Å². The van der Waals surface area contributed by atoms with Gasteiger partial charge in [0.05, 0.1) is 11.1 Å². The zero-order valence-electron chi connectivity index (χ0n) is 17.8. The highest BCUT2D eigenvalue weighted by Crippen LogP contribution is 2.29. The van der Waals surface area contributed by atoms with Crippen LogP contribution in [0.5, 0.6) is 0 Å². The van der Waals surface area contributed by atoms with Crippen LogP contribution in [0.4, 0.5) is 11.4 Å². The molecule has 1 aliphatic rings. The number of benzene rings is 3. The van der Waals surface area contributed by atoms with Crippen molar-refractivity contribution in [3.8, 4) is 11.3 Å². The number of carbonyl (C=O) groups is 1. The molecule has 2 N–H and O–H groups in total. The number of rotatable bonds is 5. The minimum atomic E-state index is -0.229. The molecule has 0 aliphatic carbocycles. The molecule has 3 aromatic carbocycles. The zero-order chi connectivity index (χ0) is 22.1. The van der Waals surface area contributed by atoms with Gasteiger partial charge in [0.1, 0.15) is 6.04 Å². The van der Waals surface area contributed by atoms with Crippen molar-refractivity contribution < 1.29 is 4.79 Å². The molecule has 32 heavy (non-hydrogen) atoms. The molecule has 2 heterocycles. The molecule has 1 aliphatic heterocycles. The summed E-state index contributed by atoms with van der Waals surface area (Å²) < 4.78 is 0. The van der Waals surface area contributed by atoms with E-state index in [0.29, 0.717) is 11.9 Å². The van der Waals surface area contributed by atoms with E-state index in [4.69, 9.17) is 0 Å². The Morgan fingerprint density at radius 3 is 2.47 bits per heavy atom. The molecule has 5 rings (SSSR count). The molecule has 1 amide bonds. The molecule has 1 atom stereocenters. The Labute approximate surface area is 185 Å². The maximum atomic E-state index is 13.1. The summed E-state index contributed by atoms with van der Waals surface area (Å²) in [5.74, 6) is 0.0799. The second kappa shape index (κ2) is 8.30. The smallest absolute Gasteiger partial charge is 0.272 e. The molecule has 0 radical (unpaired) electrons. The molecule has 1 aromatic heterocycles. The second-order valence-corrected chi connectivity index (χ2v) is 7.98. The van der Waals surface area contributed by atoms with E-state index in [1.54, 1.807) is 6.07 Å². The first-order chi connectivity index (χ1) is 15.7. The topological polar surface area (TPSA) is 78.1 Å². The summed E-state index contributed by atoms with van der Waals surface area (Å²) in [6.07, 6.45) is 1.67. The number of H-pyrrole nitrogens is 1. The van der Waals surface area contributed by atoms with Crippen LogP contribution in [0, 0.1) is 0 Å². The van der Waals surface area contributed by atoms with Gasteiger partial charge in [-0.1, -0.05) is 55.5 Å². The molecule has 1 unspecified atom stereocenters. The number of nitrogens with zero attached hydrogens (tertiary/aromatic N) is 2. The van der Waals surface area contributed by atoms with Crippen LogP contribution in [0.15, 0.2) is 77.6 Å². The number of fused-ring (bicyclic) bond motifs is 1. The molecule has 6 nitrogen and oxygen atoms in total. The number of carbonyl (C=O) groups excluding carboxylic acids is 1. The fourth-order valence-corrected chi connectivity index (χ4v) is 4.36. The van der Waals surface area contributed by atoms with Gasteiger partial charge in [-0.25, -0.2) is 5.10 Å². The summed E-state index contributed by atoms with van der Waals surface area (Å²) in [7, 11) is 0. The number of amides is 1. The minimum Gasteiger partial charge on any atom is -0.373 e. The van der Waals surface area contributed by atoms with Gasteiger partial charge in [0.15, 0.2) is 0 Å². The third-order valence-corrected chi connectivity index (χ3v) is 6.08. The molecule has 160 valence electrons. The van der Waals surface area contributed by atoms with Crippen LogP contribution in [-0.2, 0) is 11.2 Å². The highest BCUT2D eigenvalue weighted by molar-refractivity contribution is 6.01. The molecule has 6 heteroatoms. The Kier molecular flexibility index (Phi) is 5.19. The number of para-hydroxylation sites is 1. The van der Waals surface area contributed by atoms with Crippen molar-refractivity contribution in [2.75, 3.05) is 16.8 Å². The lowest BCUT2D eigenvalue weighted by Gasteiger charge is -2.19. The average Bonchev–Trinajstić information content (AvgIpc) is 3.20. The monoisotopic (exact) mass is 424 g/mol. The SMILES string of the molecule is CCc1ccccc1NC1CCN(c2ccc(-c3n[nH]c(=O)c4ccccc34)cc2)C1=O. The third-order valence-electron chi connectivity index (χ3n) is 6.08. The van der Waals surface area contributed by atoms with Gasteiger partial charge in [0.25, 0.3) is 5.56 Å². The first kappa shape index (κ1) is 20.0. The Bertz CT molecular complexity index is 1340. The van der Waals surface area contributed by atoms with Gasteiger partial charge < -0.3 is 10.2 Å². The predicted octanol–water partition coefficient (Wildman–Crippen LogP) is 4.37. The third kappa shape index (κ3) is 3.54. The van der Waals surface area contributed by atoms with Crippen LogP contribution < -0.4 is 15.8 Å². The average molecular weight is 425 g/mol. The summed E-state index contributed by atoms with van der Waals surface area (Å²) >= 11 is 0. The van der Waals surface area contributed by atoms with Crippen molar-refractivity contribution in [1.29, 1.82) is 0 Å². The zero-order valence-corrected chi connectivity index (χ0v) is 17.8. The number of aryl methyl sites for hydroxylation is 1. The van der Waals surface area contributed by atoms with E-state index in [-0.39, 0.29) is 17.5 Å². The van der Waals surface area contributed by atoms with E-state index >= 15 is 0 Å². The number of anilines is 2. The maximum Gasteiger partial charge on any atom is 0.272 e. The molecule has 0 spiro atoms. The second-order valence-electron chi connectivity index (χ2n) is 7.98. The van der Waals surface area contributed by atoms with Gasteiger partial charge in [0.2, 0.25) is 5.91 Å². The number of hydrogen-bond donors (Lipinski definition) is 2. The van der Waals surface area contributed by atoms with Crippen molar-refractivity contribution in [3.05, 3.63) is 88.7 Å². The lowest BCUT2D eigenvalue weighted by atomic mass is 10.0. The van der Waals surface area contributed by atoms with E-state index in [0.717, 1.165) is 40.9 Å². The molecule has 0 bridgehead atoms. The Morgan fingerprint density at radius 1 is 0.969 bits per heavy atom. The summed E-state index contributed by atoms with van der Waals surface area (Å²) in [5.41, 5.74) is 4.51. The van der Waals surface area contributed by atoms with Gasteiger partial charge in [-0.2, -0.15) is 5.10 Å². The first-order valence-corrected chi connectivity index (χ1v) is 10.9. The van der Waals surface area contributed by atoms with Crippen molar-refractivity contribution in [2.45, 2.75) is 25.8 Å². The number of aromatic nitrogens is 2. The Balaban J connectivity index is 1.38. The quantitative estimate of drug-likeness (QED) is 0.499. The van der Waals surface area contributed by atoms with Crippen LogP contribution in [-0.4, -0.2) is 28.7 Å². The number of hydrogen-bond acceptors (Lipinski definition) is 4. The van der Waals surface area contributed by atoms with Crippen LogP contribution >= 0.6 is 0 Å². The fraction of sp³-hybridized carbons (Fsp3) is 0.192. The normalized spacial score (nSPS) is 16.0. The lowest BCUT2D eigenvalue weighted by molar-refractivity contribution is -0.117. The van der Waals surface area contributed by atoms with Crippen molar-refractivity contribution in [2.24, 2.45) is 0 Å². The molecule has 4 aromatic rings. The fourth-order valence-electron chi connectivity index (χ4n) is 4.36. The molecular weight excluding hydrogens is 400 g/mol. The predicted molar refractivity (Wildman–Crippen MR) is 128 cm³/mol. The highest BCUT2D eigenvalue weighted by atomic mass is 16.2. The molecule has 1 saturated heterocycles. The molecule has 1 fully saturated rings. The van der Waals surface area contributed by atoms with Gasteiger partial charge in [-0.3, -0.25) is 9.59 Å². The minimum absolute atomic E-state index is 0.0799. The summed E-state index contributed by atoms with van der Waals surface area (Å²) in [4.78, 5) is 27.0. The summed E-state index contributed by atoms with van der Waals surface area (Å²) in [6, 6.07) is 23.1. The van der Waals surface area contributed by atoms with E-state index in [1.807, 2.05) is 65.6 Å². The van der Waals surface area contributed by atoms with Crippen molar-refractivity contribution >= 4 is 28.1 Å². The van der Waals surface area contributed by atoms with Crippen LogP contribution in [0.1, 0.15) is 18.9 Å².